The van der Waals surface area contributed by atoms with Crippen LogP contribution in [0.25, 0.3) is 0 Å². The van der Waals surface area contributed by atoms with Crippen molar-refractivity contribution >= 4 is 17.3 Å². The summed E-state index contributed by atoms with van der Waals surface area (Å²) in [5.74, 6) is 1.46. The number of anilines is 3. The lowest BCUT2D eigenvalue weighted by Gasteiger charge is -2.17. The standard InChI is InChI=1S/C12H15N5O/c1-17(6-7-18)12-8-11(14-9-15-12)16-10-2-4-13-5-3-10/h2-5,8-9,18H,6-7H2,1H3,(H,13,14,15,16). The lowest BCUT2D eigenvalue weighted by Crippen LogP contribution is -2.22. The highest BCUT2D eigenvalue weighted by Gasteiger charge is 2.03. The predicted octanol–water partition coefficient (Wildman–Crippen LogP) is 1.04. The molecule has 0 amide bonds. The van der Waals surface area contributed by atoms with Crippen LogP contribution in [0.1, 0.15) is 0 Å². The molecule has 18 heavy (non-hydrogen) atoms. The Balaban J connectivity index is 2.12. The second-order valence-electron chi connectivity index (χ2n) is 3.77. The van der Waals surface area contributed by atoms with Gasteiger partial charge in [-0.25, -0.2) is 9.97 Å². The molecule has 0 aliphatic carbocycles. The zero-order chi connectivity index (χ0) is 12.8. The van der Waals surface area contributed by atoms with E-state index in [4.69, 9.17) is 5.11 Å². The highest BCUT2D eigenvalue weighted by Crippen LogP contribution is 2.16. The SMILES string of the molecule is CN(CCO)c1cc(Nc2ccncc2)ncn1. The Morgan fingerprint density at radius 3 is 2.78 bits per heavy atom. The third kappa shape index (κ3) is 3.14. The van der Waals surface area contributed by atoms with E-state index in [0.29, 0.717) is 12.4 Å². The van der Waals surface area contributed by atoms with Crippen LogP contribution in [0.15, 0.2) is 36.9 Å². The minimum absolute atomic E-state index is 0.0909. The second-order valence-corrected chi connectivity index (χ2v) is 3.77. The number of rotatable bonds is 5. The van der Waals surface area contributed by atoms with Crippen LogP contribution in [0.3, 0.4) is 0 Å². The first-order valence-corrected chi connectivity index (χ1v) is 5.60. The van der Waals surface area contributed by atoms with Gasteiger partial charge < -0.3 is 15.3 Å². The number of nitrogens with zero attached hydrogens (tertiary/aromatic N) is 4. The van der Waals surface area contributed by atoms with Gasteiger partial charge in [0.05, 0.1) is 6.61 Å². The van der Waals surface area contributed by atoms with E-state index < -0.39 is 0 Å². The summed E-state index contributed by atoms with van der Waals surface area (Å²) in [7, 11) is 1.87. The molecular formula is C12H15N5O. The molecule has 0 saturated carbocycles. The Kier molecular flexibility index (Phi) is 4.03. The monoisotopic (exact) mass is 245 g/mol. The van der Waals surface area contributed by atoms with Crippen molar-refractivity contribution in [3.05, 3.63) is 36.9 Å². The third-order valence-electron chi connectivity index (χ3n) is 2.43. The molecule has 0 aliphatic rings. The molecule has 0 spiro atoms. The quantitative estimate of drug-likeness (QED) is 0.820. The Hall–Kier alpha value is -2.21. The van der Waals surface area contributed by atoms with E-state index in [1.807, 2.05) is 30.1 Å². The number of aliphatic hydroxyl groups excluding tert-OH is 1. The third-order valence-corrected chi connectivity index (χ3v) is 2.43. The maximum atomic E-state index is 8.89. The Morgan fingerprint density at radius 2 is 2.06 bits per heavy atom. The van der Waals surface area contributed by atoms with Crippen LogP contribution >= 0.6 is 0 Å². The van der Waals surface area contributed by atoms with Crippen LogP contribution in [0.2, 0.25) is 0 Å². The summed E-state index contributed by atoms with van der Waals surface area (Å²) in [4.78, 5) is 14.1. The molecule has 0 aliphatic heterocycles. The minimum atomic E-state index is 0.0909. The van der Waals surface area contributed by atoms with Gasteiger partial charge in [0, 0.05) is 37.7 Å². The van der Waals surface area contributed by atoms with Crippen LogP contribution in [-0.2, 0) is 0 Å². The second kappa shape index (κ2) is 5.92. The van der Waals surface area contributed by atoms with E-state index in [0.717, 1.165) is 11.5 Å². The largest absolute Gasteiger partial charge is 0.395 e. The molecule has 0 bridgehead atoms. The fourth-order valence-corrected chi connectivity index (χ4v) is 1.47. The van der Waals surface area contributed by atoms with Gasteiger partial charge >= 0.3 is 0 Å². The number of hydrogen-bond donors (Lipinski definition) is 2. The van der Waals surface area contributed by atoms with Gasteiger partial charge in [-0.3, -0.25) is 4.98 Å². The van der Waals surface area contributed by atoms with E-state index in [1.165, 1.54) is 6.33 Å². The van der Waals surface area contributed by atoms with Gasteiger partial charge in [0.1, 0.15) is 18.0 Å². The molecule has 2 rings (SSSR count). The van der Waals surface area contributed by atoms with Gasteiger partial charge in [0.25, 0.3) is 0 Å². The molecular weight excluding hydrogens is 230 g/mol. The average molecular weight is 245 g/mol. The van der Waals surface area contributed by atoms with Crippen molar-refractivity contribution in [3.8, 4) is 0 Å². The predicted molar refractivity (Wildman–Crippen MR) is 69.9 cm³/mol. The highest BCUT2D eigenvalue weighted by molar-refractivity contribution is 5.58. The molecule has 0 saturated heterocycles. The zero-order valence-electron chi connectivity index (χ0n) is 10.1. The number of aromatic nitrogens is 3. The highest BCUT2D eigenvalue weighted by atomic mass is 16.3. The molecule has 2 aromatic rings. The van der Waals surface area contributed by atoms with Crippen molar-refractivity contribution in [1.29, 1.82) is 0 Å². The first-order chi connectivity index (χ1) is 8.79. The molecule has 2 heterocycles. The Morgan fingerprint density at radius 1 is 1.28 bits per heavy atom. The molecule has 2 N–H and O–H groups in total. The van der Waals surface area contributed by atoms with E-state index in [-0.39, 0.29) is 6.61 Å². The van der Waals surface area contributed by atoms with E-state index in [1.54, 1.807) is 12.4 Å². The minimum Gasteiger partial charge on any atom is -0.395 e. The molecule has 0 fully saturated rings. The Bertz CT molecular complexity index is 491. The summed E-state index contributed by atoms with van der Waals surface area (Å²) in [5.41, 5.74) is 0.916. The lowest BCUT2D eigenvalue weighted by molar-refractivity contribution is 0.304. The van der Waals surface area contributed by atoms with Crippen LogP contribution in [0.4, 0.5) is 17.3 Å². The van der Waals surface area contributed by atoms with Crippen molar-refractivity contribution in [1.82, 2.24) is 15.0 Å². The van der Waals surface area contributed by atoms with Gasteiger partial charge in [-0.2, -0.15) is 0 Å². The molecule has 6 nitrogen and oxygen atoms in total. The van der Waals surface area contributed by atoms with Gasteiger partial charge in [0.15, 0.2) is 0 Å². The number of nitrogens with one attached hydrogen (secondary N) is 1. The molecule has 2 aromatic heterocycles. The van der Waals surface area contributed by atoms with Crippen LogP contribution in [0, 0.1) is 0 Å². The summed E-state index contributed by atoms with van der Waals surface area (Å²) in [6.07, 6.45) is 4.91. The fraction of sp³-hybridized carbons (Fsp3) is 0.250. The number of pyridine rings is 1. The summed E-state index contributed by atoms with van der Waals surface area (Å²) >= 11 is 0. The van der Waals surface area contributed by atoms with E-state index >= 15 is 0 Å². The van der Waals surface area contributed by atoms with Crippen LogP contribution < -0.4 is 10.2 Å². The smallest absolute Gasteiger partial charge is 0.135 e. The van der Waals surface area contributed by atoms with E-state index in [2.05, 4.69) is 20.3 Å². The molecule has 0 unspecified atom stereocenters. The number of aliphatic hydroxyl groups is 1. The van der Waals surface area contributed by atoms with Gasteiger partial charge in [0.2, 0.25) is 0 Å². The molecule has 94 valence electrons. The molecule has 0 radical (unpaired) electrons. The first-order valence-electron chi connectivity index (χ1n) is 5.60. The maximum absolute atomic E-state index is 8.89. The molecule has 0 atom stereocenters. The summed E-state index contributed by atoms with van der Waals surface area (Å²) in [6, 6.07) is 5.55. The molecule has 6 heteroatoms. The number of likely N-dealkylation sites (N-methyl/N-ethyl adjacent to an activating group) is 1. The van der Waals surface area contributed by atoms with Crippen LogP contribution in [-0.4, -0.2) is 40.3 Å². The van der Waals surface area contributed by atoms with Gasteiger partial charge in [-0.15, -0.1) is 0 Å². The fourth-order valence-electron chi connectivity index (χ4n) is 1.47. The van der Waals surface area contributed by atoms with Crippen LogP contribution in [0.5, 0.6) is 0 Å². The summed E-state index contributed by atoms with van der Waals surface area (Å²) in [5, 5.41) is 12.1. The van der Waals surface area contributed by atoms with Crippen molar-refractivity contribution in [3.63, 3.8) is 0 Å². The maximum Gasteiger partial charge on any atom is 0.135 e. The van der Waals surface area contributed by atoms with Crippen molar-refractivity contribution in [2.75, 3.05) is 30.4 Å². The van der Waals surface area contributed by atoms with E-state index in [9.17, 15) is 0 Å². The Labute approximate surface area is 105 Å². The van der Waals surface area contributed by atoms with Gasteiger partial charge in [-0.1, -0.05) is 0 Å². The van der Waals surface area contributed by atoms with Crippen molar-refractivity contribution in [2.24, 2.45) is 0 Å². The summed E-state index contributed by atoms with van der Waals surface area (Å²) in [6.45, 7) is 0.624. The summed E-state index contributed by atoms with van der Waals surface area (Å²) < 4.78 is 0. The van der Waals surface area contributed by atoms with Gasteiger partial charge in [-0.05, 0) is 12.1 Å². The normalized spacial score (nSPS) is 10.1. The van der Waals surface area contributed by atoms with Crippen molar-refractivity contribution in [2.45, 2.75) is 0 Å². The lowest BCUT2D eigenvalue weighted by atomic mass is 10.4. The van der Waals surface area contributed by atoms with Crippen molar-refractivity contribution < 1.29 is 5.11 Å². The zero-order valence-corrected chi connectivity index (χ0v) is 10.1. The average Bonchev–Trinajstić information content (AvgIpc) is 2.40. The topological polar surface area (TPSA) is 74.2 Å². The first kappa shape index (κ1) is 12.3. The molecule has 0 aromatic carbocycles. The number of hydrogen-bond acceptors (Lipinski definition) is 6.